The van der Waals surface area contributed by atoms with Crippen molar-refractivity contribution < 1.29 is 4.57 Å². The van der Waals surface area contributed by atoms with Crippen LogP contribution < -0.4 is 4.57 Å². The third-order valence-corrected chi connectivity index (χ3v) is 3.70. The summed E-state index contributed by atoms with van der Waals surface area (Å²) in [6.07, 6.45) is 38.7. The van der Waals surface area contributed by atoms with E-state index in [4.69, 9.17) is 0 Å². The first-order valence-electron chi connectivity index (χ1n) is 8.99. The molecule has 0 amide bonds. The highest BCUT2D eigenvalue weighted by atomic mass is 15.0. The third kappa shape index (κ3) is 9.03. The fraction of sp³-hybridized carbons (Fsp3) is 0.0800. The molecule has 1 aromatic rings. The first-order chi connectivity index (χ1) is 13.2. The van der Waals surface area contributed by atoms with Crippen molar-refractivity contribution in [2.24, 2.45) is 7.05 Å². The van der Waals surface area contributed by atoms with E-state index in [2.05, 4.69) is 36.4 Å². The standard InChI is InChI=1S/C25H27N2/c1-26-20-16-24(17-21-26)14-12-10-8-6-4-3-5-7-9-11-13-15-25-18-22-27(2)23-19-25/h3-23H,1-2H3/q+1. The maximum atomic E-state index is 2.09. The maximum absolute atomic E-state index is 2.09. The Kier molecular flexibility index (Phi) is 8.89. The Labute approximate surface area is 163 Å². The largest absolute Gasteiger partial charge is 0.357 e. The molecule has 2 rings (SSSR count). The van der Waals surface area contributed by atoms with Gasteiger partial charge in [-0.15, -0.1) is 0 Å². The van der Waals surface area contributed by atoms with E-state index >= 15 is 0 Å². The summed E-state index contributed by atoms with van der Waals surface area (Å²) in [5.41, 5.74) is 2.39. The summed E-state index contributed by atoms with van der Waals surface area (Å²) in [6.45, 7) is 0. The van der Waals surface area contributed by atoms with Gasteiger partial charge in [0.15, 0.2) is 12.4 Å². The predicted octanol–water partition coefficient (Wildman–Crippen LogP) is 5.20. The average Bonchev–Trinajstić information content (AvgIpc) is 2.68. The maximum Gasteiger partial charge on any atom is 0.169 e. The number of rotatable bonds is 7. The lowest BCUT2D eigenvalue weighted by Crippen LogP contribution is -2.25. The highest BCUT2D eigenvalue weighted by Gasteiger charge is 1.92. The minimum Gasteiger partial charge on any atom is -0.357 e. The van der Waals surface area contributed by atoms with Crippen molar-refractivity contribution in [2.75, 3.05) is 7.05 Å². The van der Waals surface area contributed by atoms with Gasteiger partial charge in [0.25, 0.3) is 0 Å². The van der Waals surface area contributed by atoms with E-state index in [0.29, 0.717) is 0 Å². The molecule has 0 aliphatic carbocycles. The molecule has 0 saturated heterocycles. The van der Waals surface area contributed by atoms with Crippen LogP contribution in [-0.2, 0) is 7.05 Å². The van der Waals surface area contributed by atoms with Gasteiger partial charge in [-0.3, -0.25) is 0 Å². The quantitative estimate of drug-likeness (QED) is 0.481. The third-order valence-electron chi connectivity index (χ3n) is 3.70. The zero-order valence-corrected chi connectivity index (χ0v) is 16.0. The normalized spacial score (nSPS) is 15.2. The van der Waals surface area contributed by atoms with Crippen LogP contribution in [0, 0.1) is 0 Å². The van der Waals surface area contributed by atoms with Gasteiger partial charge in [0.05, 0.1) is 0 Å². The summed E-state index contributed by atoms with van der Waals surface area (Å²) >= 11 is 0. The van der Waals surface area contributed by atoms with E-state index in [1.54, 1.807) is 0 Å². The van der Waals surface area contributed by atoms with Crippen molar-refractivity contribution >= 4 is 6.08 Å². The second kappa shape index (κ2) is 12.0. The monoisotopic (exact) mass is 355 g/mol. The number of allylic oxidation sites excluding steroid dienone is 15. The summed E-state index contributed by atoms with van der Waals surface area (Å²) in [4.78, 5) is 2.02. The Hall–Kier alpha value is -3.39. The van der Waals surface area contributed by atoms with Gasteiger partial charge in [-0.2, -0.15) is 0 Å². The summed E-state index contributed by atoms with van der Waals surface area (Å²) in [7, 11) is 4.03. The first-order valence-corrected chi connectivity index (χ1v) is 8.99. The molecule has 1 aromatic heterocycles. The van der Waals surface area contributed by atoms with Crippen molar-refractivity contribution in [2.45, 2.75) is 0 Å². The Bertz CT molecular complexity index is 823. The molecule has 0 bridgehead atoms. The molecule has 1 aliphatic heterocycles. The fourth-order valence-electron chi connectivity index (χ4n) is 2.16. The number of aromatic nitrogens is 1. The zero-order valence-electron chi connectivity index (χ0n) is 16.0. The van der Waals surface area contributed by atoms with Crippen molar-refractivity contribution in [3.63, 3.8) is 0 Å². The Morgan fingerprint density at radius 1 is 0.704 bits per heavy atom. The van der Waals surface area contributed by atoms with Crippen molar-refractivity contribution in [3.8, 4) is 0 Å². The Morgan fingerprint density at radius 3 is 1.74 bits per heavy atom. The van der Waals surface area contributed by atoms with Gasteiger partial charge in [-0.05, 0) is 23.3 Å². The topological polar surface area (TPSA) is 7.12 Å². The minimum atomic E-state index is 1.19. The number of nitrogens with zero attached hydrogens (tertiary/aromatic N) is 2. The molecule has 0 radical (unpaired) electrons. The summed E-state index contributed by atoms with van der Waals surface area (Å²) in [5.74, 6) is 0. The molecule has 0 spiro atoms. The molecule has 0 fully saturated rings. The second-order valence-electron chi connectivity index (χ2n) is 6.04. The highest BCUT2D eigenvalue weighted by Crippen LogP contribution is 2.07. The Balaban J connectivity index is 1.66. The fourth-order valence-corrected chi connectivity index (χ4v) is 2.16. The minimum absolute atomic E-state index is 1.19. The molecule has 0 atom stereocenters. The van der Waals surface area contributed by atoms with E-state index in [1.165, 1.54) is 11.1 Å². The van der Waals surface area contributed by atoms with Crippen molar-refractivity contribution in [1.82, 2.24) is 4.90 Å². The summed E-state index contributed by atoms with van der Waals surface area (Å²) in [5, 5.41) is 0. The molecule has 1 aliphatic rings. The van der Waals surface area contributed by atoms with Crippen LogP contribution >= 0.6 is 0 Å². The van der Waals surface area contributed by atoms with Gasteiger partial charge in [-0.1, -0.05) is 79.0 Å². The molecule has 2 heterocycles. The van der Waals surface area contributed by atoms with E-state index < -0.39 is 0 Å². The zero-order chi connectivity index (χ0) is 19.2. The molecular weight excluding hydrogens is 328 g/mol. The summed E-state index contributed by atoms with van der Waals surface area (Å²) in [6, 6.07) is 4.17. The number of hydrogen-bond donors (Lipinski definition) is 0. The lowest BCUT2D eigenvalue weighted by atomic mass is 10.2. The van der Waals surface area contributed by atoms with Crippen molar-refractivity contribution in [3.05, 3.63) is 133 Å². The van der Waals surface area contributed by atoms with Gasteiger partial charge in [0, 0.05) is 31.6 Å². The van der Waals surface area contributed by atoms with Gasteiger partial charge >= 0.3 is 0 Å². The van der Waals surface area contributed by atoms with E-state index in [0.717, 1.165) is 0 Å². The highest BCUT2D eigenvalue weighted by molar-refractivity contribution is 5.49. The molecule has 136 valence electrons. The average molecular weight is 356 g/mol. The van der Waals surface area contributed by atoms with Gasteiger partial charge in [0.1, 0.15) is 7.05 Å². The first kappa shape index (κ1) is 19.9. The van der Waals surface area contributed by atoms with Crippen LogP contribution in [0.2, 0.25) is 0 Å². The Morgan fingerprint density at radius 2 is 1.19 bits per heavy atom. The number of aryl methyl sites for hydroxylation is 1. The van der Waals surface area contributed by atoms with Crippen molar-refractivity contribution in [1.29, 1.82) is 0 Å². The van der Waals surface area contributed by atoms with Crippen LogP contribution in [0.1, 0.15) is 5.56 Å². The number of pyridine rings is 1. The van der Waals surface area contributed by atoms with Crippen LogP contribution in [0.5, 0.6) is 0 Å². The lowest BCUT2D eigenvalue weighted by molar-refractivity contribution is -0.671. The van der Waals surface area contributed by atoms with Gasteiger partial charge in [-0.25, -0.2) is 4.57 Å². The van der Waals surface area contributed by atoms with Crippen LogP contribution in [0.25, 0.3) is 6.08 Å². The molecule has 27 heavy (non-hydrogen) atoms. The smallest absolute Gasteiger partial charge is 0.169 e. The molecular formula is C25H27N2+. The van der Waals surface area contributed by atoms with Crippen LogP contribution in [-0.4, -0.2) is 11.9 Å². The van der Waals surface area contributed by atoms with Gasteiger partial charge in [0.2, 0.25) is 0 Å². The molecule has 0 saturated carbocycles. The van der Waals surface area contributed by atoms with Crippen LogP contribution in [0.3, 0.4) is 0 Å². The SMILES string of the molecule is CN1C=CC(=C/C=C/C=C/C=C/C=C/C=C/C=C/c2cc[n+](C)cc2)C=C1. The second-order valence-corrected chi connectivity index (χ2v) is 6.04. The van der Waals surface area contributed by atoms with Gasteiger partial charge < -0.3 is 4.90 Å². The van der Waals surface area contributed by atoms with E-state index in [-0.39, 0.29) is 0 Å². The van der Waals surface area contributed by atoms with Crippen LogP contribution in [0.15, 0.2) is 128 Å². The molecule has 0 unspecified atom stereocenters. The summed E-state index contributed by atoms with van der Waals surface area (Å²) < 4.78 is 2.02. The number of hydrogen-bond acceptors (Lipinski definition) is 1. The molecule has 0 aromatic carbocycles. The molecule has 2 nitrogen and oxygen atoms in total. The predicted molar refractivity (Wildman–Crippen MR) is 116 cm³/mol. The van der Waals surface area contributed by atoms with E-state index in [9.17, 15) is 0 Å². The van der Waals surface area contributed by atoms with Crippen LogP contribution in [0.4, 0.5) is 0 Å². The van der Waals surface area contributed by atoms with E-state index in [1.807, 2.05) is 115 Å². The lowest BCUT2D eigenvalue weighted by Gasteiger charge is -2.11. The molecule has 0 N–H and O–H groups in total. The molecule has 2 heteroatoms.